The number of hydrogen-bond acceptors (Lipinski definition) is 3. The second kappa shape index (κ2) is 9.14. The first-order valence-electron chi connectivity index (χ1n) is 4.68. The average molecular weight is 226 g/mol. The molecule has 0 aromatic carbocycles. The van der Waals surface area contributed by atoms with Gasteiger partial charge in [0.15, 0.2) is 0 Å². The smallest absolute Gasteiger partial charge is 0.313 e. The maximum atomic E-state index is 5.35. The lowest BCUT2D eigenvalue weighted by Gasteiger charge is -2.13. The predicted molar refractivity (Wildman–Crippen MR) is 65.4 cm³/mol. The lowest BCUT2D eigenvalue weighted by atomic mass is 10.7. The van der Waals surface area contributed by atoms with E-state index in [1.54, 1.807) is 18.2 Å². The minimum Gasteiger partial charge on any atom is -0.493 e. The minimum atomic E-state index is 0.398. The van der Waals surface area contributed by atoms with Gasteiger partial charge in [-0.2, -0.15) is 0 Å². The van der Waals surface area contributed by atoms with Crippen LogP contribution in [0.4, 0.5) is 0 Å². The van der Waals surface area contributed by atoms with Crippen molar-refractivity contribution in [3.63, 3.8) is 0 Å². The SMILES string of the molecule is C=CCOC([SiH3])=C(OCC=C)OCC=C. The van der Waals surface area contributed by atoms with Crippen molar-refractivity contribution in [2.75, 3.05) is 19.8 Å². The van der Waals surface area contributed by atoms with E-state index in [2.05, 4.69) is 19.7 Å². The number of hydrogen-bond donors (Lipinski definition) is 0. The van der Waals surface area contributed by atoms with Crippen LogP contribution >= 0.6 is 0 Å². The molecule has 0 saturated heterocycles. The monoisotopic (exact) mass is 226 g/mol. The largest absolute Gasteiger partial charge is 0.493 e. The molecule has 0 atom stereocenters. The Labute approximate surface area is 94.1 Å². The summed E-state index contributed by atoms with van der Waals surface area (Å²) in [7, 11) is 0.711. The van der Waals surface area contributed by atoms with Gasteiger partial charge in [-0.25, -0.2) is 0 Å². The molecule has 4 heteroatoms. The minimum absolute atomic E-state index is 0.398. The van der Waals surface area contributed by atoms with E-state index in [0.717, 1.165) is 5.38 Å². The molecule has 0 aliphatic carbocycles. The van der Waals surface area contributed by atoms with Crippen LogP contribution in [0.15, 0.2) is 49.3 Å². The van der Waals surface area contributed by atoms with Gasteiger partial charge in [0.2, 0.25) is 0 Å². The summed E-state index contributed by atoms with van der Waals surface area (Å²) in [5.41, 5.74) is 0. The van der Waals surface area contributed by atoms with E-state index in [-0.39, 0.29) is 0 Å². The van der Waals surface area contributed by atoms with Gasteiger partial charge in [-0.1, -0.05) is 38.0 Å². The molecule has 0 fully saturated rings. The van der Waals surface area contributed by atoms with Gasteiger partial charge in [-0.15, -0.1) is 0 Å². The molecule has 3 nitrogen and oxygen atoms in total. The average Bonchev–Trinajstić information content (AvgIpc) is 2.26. The standard InChI is InChI=1S/C11H18O3Si/c1-4-7-12-10(13-8-5-2)11(15)14-9-6-3/h4-6H,1-3,7-9H2,15H3. The normalized spacial score (nSPS) is 8.80. The van der Waals surface area contributed by atoms with E-state index in [0.29, 0.717) is 36.0 Å². The Bertz CT molecular complexity index is 232. The molecule has 84 valence electrons. The molecule has 0 heterocycles. The van der Waals surface area contributed by atoms with Crippen LogP contribution in [0.1, 0.15) is 0 Å². The zero-order valence-electron chi connectivity index (χ0n) is 9.20. The highest BCUT2D eigenvalue weighted by molar-refractivity contribution is 6.20. The summed E-state index contributed by atoms with van der Waals surface area (Å²) >= 11 is 0. The molecule has 0 spiro atoms. The molecular formula is C11H18O3Si. The third-order valence-corrected chi connectivity index (χ3v) is 2.07. The van der Waals surface area contributed by atoms with E-state index in [4.69, 9.17) is 14.2 Å². The van der Waals surface area contributed by atoms with Crippen molar-refractivity contribution in [2.45, 2.75) is 0 Å². The molecular weight excluding hydrogens is 208 g/mol. The molecule has 0 saturated carbocycles. The molecule has 0 aliphatic rings. The van der Waals surface area contributed by atoms with Crippen molar-refractivity contribution >= 4 is 10.2 Å². The van der Waals surface area contributed by atoms with Crippen molar-refractivity contribution in [3.05, 3.63) is 49.3 Å². The van der Waals surface area contributed by atoms with Gasteiger partial charge < -0.3 is 14.2 Å². The third kappa shape index (κ3) is 6.62. The van der Waals surface area contributed by atoms with E-state index in [1.807, 2.05) is 0 Å². The Balaban J connectivity index is 4.32. The van der Waals surface area contributed by atoms with Crippen molar-refractivity contribution in [1.29, 1.82) is 0 Å². The molecule has 0 N–H and O–H groups in total. The van der Waals surface area contributed by atoms with Gasteiger partial charge in [0, 0.05) is 0 Å². The fourth-order valence-corrected chi connectivity index (χ4v) is 1.21. The van der Waals surface area contributed by atoms with Gasteiger partial charge in [0.25, 0.3) is 0 Å². The van der Waals surface area contributed by atoms with Crippen LogP contribution in [0.25, 0.3) is 0 Å². The zero-order valence-corrected chi connectivity index (χ0v) is 11.2. The Kier molecular flexibility index (Phi) is 8.28. The summed E-state index contributed by atoms with van der Waals surface area (Å²) in [6.07, 6.45) is 4.98. The summed E-state index contributed by atoms with van der Waals surface area (Å²) in [6.45, 7) is 12.0. The van der Waals surface area contributed by atoms with Crippen LogP contribution < -0.4 is 0 Å². The predicted octanol–water partition coefficient (Wildman–Crippen LogP) is 1.09. The van der Waals surface area contributed by atoms with Crippen LogP contribution in [0.2, 0.25) is 0 Å². The topological polar surface area (TPSA) is 27.7 Å². The third-order valence-electron chi connectivity index (χ3n) is 1.37. The molecule has 0 aromatic rings. The van der Waals surface area contributed by atoms with Crippen molar-refractivity contribution < 1.29 is 14.2 Å². The fourth-order valence-electron chi connectivity index (χ4n) is 0.757. The highest BCUT2D eigenvalue weighted by atomic mass is 28.1. The van der Waals surface area contributed by atoms with E-state index in [9.17, 15) is 0 Å². The summed E-state index contributed by atoms with van der Waals surface area (Å²) in [5, 5.41) is 0.721. The Morgan fingerprint density at radius 1 is 0.867 bits per heavy atom. The Morgan fingerprint density at radius 3 is 1.67 bits per heavy atom. The first-order chi connectivity index (χ1) is 7.26. The second-order valence-corrected chi connectivity index (χ2v) is 3.55. The summed E-state index contributed by atoms with van der Waals surface area (Å²) in [4.78, 5) is 0. The van der Waals surface area contributed by atoms with Crippen LogP contribution in [0.5, 0.6) is 0 Å². The van der Waals surface area contributed by atoms with Gasteiger partial charge in [-0.05, 0) is 0 Å². The molecule has 0 unspecified atom stereocenters. The zero-order chi connectivity index (χ0) is 11.5. The van der Waals surface area contributed by atoms with Crippen molar-refractivity contribution in [1.82, 2.24) is 0 Å². The van der Waals surface area contributed by atoms with Gasteiger partial charge in [-0.3, -0.25) is 0 Å². The molecule has 0 bridgehead atoms. The van der Waals surface area contributed by atoms with E-state index < -0.39 is 0 Å². The number of rotatable bonds is 9. The summed E-state index contributed by atoms with van der Waals surface area (Å²) < 4.78 is 16.0. The maximum absolute atomic E-state index is 5.35. The number of ether oxygens (including phenoxy) is 3. The molecule has 15 heavy (non-hydrogen) atoms. The first-order valence-corrected chi connectivity index (χ1v) is 5.68. The quantitative estimate of drug-likeness (QED) is 0.334. The van der Waals surface area contributed by atoms with E-state index >= 15 is 0 Å². The second-order valence-electron chi connectivity index (χ2n) is 2.64. The van der Waals surface area contributed by atoms with Crippen LogP contribution in [-0.2, 0) is 14.2 Å². The van der Waals surface area contributed by atoms with Crippen LogP contribution in [-0.4, -0.2) is 30.1 Å². The van der Waals surface area contributed by atoms with Crippen LogP contribution in [0, 0.1) is 0 Å². The highest BCUT2D eigenvalue weighted by Crippen LogP contribution is 2.07. The Morgan fingerprint density at radius 2 is 1.27 bits per heavy atom. The molecule has 0 aliphatic heterocycles. The van der Waals surface area contributed by atoms with Crippen molar-refractivity contribution in [3.8, 4) is 0 Å². The van der Waals surface area contributed by atoms with Crippen molar-refractivity contribution in [2.24, 2.45) is 0 Å². The van der Waals surface area contributed by atoms with Gasteiger partial charge in [0.05, 0.1) is 10.2 Å². The fraction of sp³-hybridized carbons (Fsp3) is 0.273. The lowest BCUT2D eigenvalue weighted by molar-refractivity contribution is 0.0420. The van der Waals surface area contributed by atoms with Gasteiger partial charge in [0.1, 0.15) is 25.2 Å². The summed E-state index contributed by atoms with van der Waals surface area (Å²) in [6, 6.07) is 0. The molecule has 0 rings (SSSR count). The van der Waals surface area contributed by atoms with Crippen LogP contribution in [0.3, 0.4) is 0 Å². The van der Waals surface area contributed by atoms with E-state index in [1.165, 1.54) is 0 Å². The van der Waals surface area contributed by atoms with Gasteiger partial charge >= 0.3 is 5.95 Å². The molecule has 0 amide bonds. The maximum Gasteiger partial charge on any atom is 0.313 e. The molecule has 0 aromatic heterocycles. The Hall–Kier alpha value is -1.42. The highest BCUT2D eigenvalue weighted by Gasteiger charge is 2.05. The molecule has 0 radical (unpaired) electrons. The lowest BCUT2D eigenvalue weighted by Crippen LogP contribution is -2.06. The summed E-state index contributed by atoms with van der Waals surface area (Å²) in [5.74, 6) is 0.420. The first kappa shape index (κ1) is 13.6.